The van der Waals surface area contributed by atoms with Gasteiger partial charge in [-0.15, -0.1) is 0 Å². The van der Waals surface area contributed by atoms with E-state index in [1.54, 1.807) is 12.1 Å². The Hall–Kier alpha value is -2.61. The van der Waals surface area contributed by atoms with Crippen LogP contribution in [0.2, 0.25) is 5.02 Å². The molecule has 1 amide bonds. The Balaban J connectivity index is 1.63. The van der Waals surface area contributed by atoms with Crippen LogP contribution in [0.25, 0.3) is 0 Å². The molecule has 0 spiro atoms. The van der Waals surface area contributed by atoms with Gasteiger partial charge in [-0.25, -0.2) is 0 Å². The lowest BCUT2D eigenvalue weighted by Gasteiger charge is -2.20. The van der Waals surface area contributed by atoms with Crippen LogP contribution >= 0.6 is 11.6 Å². The standard InChI is InChI=1S/C17H14ClF3N2O3/c18-12-7-14-15(26-5-4-25-14)8-13(12)22-9-16(24)23-11-3-1-2-10(6-11)17(19,20)21/h1-3,6-8,22H,4-5,9H2,(H,23,24). The number of amides is 1. The second-order valence-electron chi connectivity index (χ2n) is 5.46. The van der Waals surface area contributed by atoms with E-state index < -0.39 is 17.6 Å². The summed E-state index contributed by atoms with van der Waals surface area (Å²) < 4.78 is 48.9. The van der Waals surface area contributed by atoms with Crippen molar-refractivity contribution in [3.05, 3.63) is 47.0 Å². The van der Waals surface area contributed by atoms with Gasteiger partial charge in [0.1, 0.15) is 13.2 Å². The smallest absolute Gasteiger partial charge is 0.416 e. The second kappa shape index (κ2) is 7.33. The number of benzene rings is 2. The first-order chi connectivity index (χ1) is 12.3. The predicted molar refractivity (Wildman–Crippen MR) is 91.0 cm³/mol. The first-order valence-electron chi connectivity index (χ1n) is 7.63. The number of alkyl halides is 3. The van der Waals surface area contributed by atoms with E-state index in [0.29, 0.717) is 35.4 Å². The maximum atomic E-state index is 12.7. The fourth-order valence-electron chi connectivity index (χ4n) is 2.35. The van der Waals surface area contributed by atoms with Crippen molar-refractivity contribution in [2.45, 2.75) is 6.18 Å². The van der Waals surface area contributed by atoms with Gasteiger partial charge in [0, 0.05) is 17.8 Å². The highest BCUT2D eigenvalue weighted by Gasteiger charge is 2.30. The van der Waals surface area contributed by atoms with Crippen LogP contribution in [0.4, 0.5) is 24.5 Å². The molecule has 2 aromatic carbocycles. The van der Waals surface area contributed by atoms with Gasteiger partial charge in [-0.05, 0) is 18.2 Å². The molecule has 3 rings (SSSR count). The van der Waals surface area contributed by atoms with Crippen LogP contribution in [0.5, 0.6) is 11.5 Å². The molecule has 5 nitrogen and oxygen atoms in total. The first-order valence-corrected chi connectivity index (χ1v) is 8.01. The molecular weight excluding hydrogens is 373 g/mol. The maximum Gasteiger partial charge on any atom is 0.416 e. The number of fused-ring (bicyclic) bond motifs is 1. The minimum Gasteiger partial charge on any atom is -0.486 e. The van der Waals surface area contributed by atoms with Crippen molar-refractivity contribution in [1.82, 2.24) is 0 Å². The van der Waals surface area contributed by atoms with Crippen LogP contribution in [0.1, 0.15) is 5.56 Å². The highest BCUT2D eigenvalue weighted by molar-refractivity contribution is 6.33. The minimum atomic E-state index is -4.47. The molecule has 1 aliphatic rings. The van der Waals surface area contributed by atoms with Gasteiger partial charge in [0.2, 0.25) is 5.91 Å². The van der Waals surface area contributed by atoms with Crippen molar-refractivity contribution < 1.29 is 27.4 Å². The van der Waals surface area contributed by atoms with E-state index in [2.05, 4.69) is 10.6 Å². The van der Waals surface area contributed by atoms with Crippen molar-refractivity contribution in [1.29, 1.82) is 0 Å². The fraction of sp³-hybridized carbons (Fsp3) is 0.235. The molecule has 0 aromatic heterocycles. The van der Waals surface area contributed by atoms with E-state index in [4.69, 9.17) is 21.1 Å². The van der Waals surface area contributed by atoms with E-state index in [1.807, 2.05) is 0 Å². The normalized spacial score (nSPS) is 13.2. The Labute approximate surface area is 152 Å². The van der Waals surface area contributed by atoms with Crippen molar-refractivity contribution in [3.63, 3.8) is 0 Å². The molecule has 1 aliphatic heterocycles. The number of ether oxygens (including phenoxy) is 2. The van der Waals surface area contributed by atoms with Crippen LogP contribution in [0.3, 0.4) is 0 Å². The number of carbonyl (C=O) groups excluding carboxylic acids is 1. The Morgan fingerprint density at radius 1 is 1.12 bits per heavy atom. The van der Waals surface area contributed by atoms with Gasteiger partial charge >= 0.3 is 6.18 Å². The first kappa shape index (κ1) is 18.2. The van der Waals surface area contributed by atoms with Crippen molar-refractivity contribution >= 4 is 28.9 Å². The van der Waals surface area contributed by atoms with E-state index in [1.165, 1.54) is 12.1 Å². The molecular formula is C17H14ClF3N2O3. The summed E-state index contributed by atoms with van der Waals surface area (Å²) >= 11 is 6.12. The van der Waals surface area contributed by atoms with Gasteiger partial charge < -0.3 is 20.1 Å². The molecule has 2 aromatic rings. The summed E-state index contributed by atoms with van der Waals surface area (Å²) in [6.07, 6.45) is -4.47. The molecule has 26 heavy (non-hydrogen) atoms. The van der Waals surface area contributed by atoms with Gasteiger partial charge in [0.25, 0.3) is 0 Å². The Morgan fingerprint density at radius 2 is 1.81 bits per heavy atom. The highest BCUT2D eigenvalue weighted by Crippen LogP contribution is 2.37. The number of nitrogens with one attached hydrogen (secondary N) is 2. The quantitative estimate of drug-likeness (QED) is 0.827. The summed E-state index contributed by atoms with van der Waals surface area (Å²) in [5.41, 5.74) is -0.326. The predicted octanol–water partition coefficient (Wildman–Crippen LogP) is 4.18. The number of rotatable bonds is 4. The van der Waals surface area contributed by atoms with Crippen LogP contribution < -0.4 is 20.1 Å². The van der Waals surface area contributed by atoms with E-state index in [0.717, 1.165) is 12.1 Å². The van der Waals surface area contributed by atoms with Crippen molar-refractivity contribution in [3.8, 4) is 11.5 Å². The lowest BCUT2D eigenvalue weighted by Crippen LogP contribution is -2.22. The van der Waals surface area contributed by atoms with Crippen LogP contribution in [-0.4, -0.2) is 25.7 Å². The summed E-state index contributed by atoms with van der Waals surface area (Å²) in [7, 11) is 0. The molecule has 0 radical (unpaired) electrons. The van der Waals surface area contributed by atoms with Gasteiger partial charge in [-0.3, -0.25) is 4.79 Å². The minimum absolute atomic E-state index is 0.0555. The number of hydrogen-bond acceptors (Lipinski definition) is 4. The monoisotopic (exact) mass is 386 g/mol. The van der Waals surface area contributed by atoms with Gasteiger partial charge in [-0.1, -0.05) is 17.7 Å². The summed E-state index contributed by atoms with van der Waals surface area (Å²) in [5.74, 6) is 0.497. The lowest BCUT2D eigenvalue weighted by molar-refractivity contribution is -0.137. The average molecular weight is 387 g/mol. The van der Waals surface area contributed by atoms with Crippen molar-refractivity contribution in [2.75, 3.05) is 30.4 Å². The summed E-state index contributed by atoms with van der Waals surface area (Å²) in [5, 5.41) is 5.57. The van der Waals surface area contributed by atoms with E-state index in [-0.39, 0.29) is 12.2 Å². The molecule has 0 saturated heterocycles. The molecule has 0 bridgehead atoms. The topological polar surface area (TPSA) is 59.6 Å². The largest absolute Gasteiger partial charge is 0.486 e. The summed E-state index contributed by atoms with van der Waals surface area (Å²) in [6, 6.07) is 7.59. The van der Waals surface area contributed by atoms with Gasteiger partial charge in [0.15, 0.2) is 11.5 Å². The fourth-order valence-corrected chi connectivity index (χ4v) is 2.57. The highest BCUT2D eigenvalue weighted by atomic mass is 35.5. The van der Waals surface area contributed by atoms with Crippen LogP contribution in [-0.2, 0) is 11.0 Å². The van der Waals surface area contributed by atoms with E-state index >= 15 is 0 Å². The zero-order chi connectivity index (χ0) is 18.7. The number of carbonyl (C=O) groups is 1. The zero-order valence-electron chi connectivity index (χ0n) is 13.3. The number of anilines is 2. The maximum absolute atomic E-state index is 12.7. The molecule has 0 atom stereocenters. The van der Waals surface area contributed by atoms with Crippen LogP contribution in [0, 0.1) is 0 Å². The molecule has 9 heteroatoms. The third-order valence-corrected chi connectivity index (χ3v) is 3.86. The molecule has 2 N–H and O–H groups in total. The number of hydrogen-bond donors (Lipinski definition) is 2. The van der Waals surface area contributed by atoms with Gasteiger partial charge in [0.05, 0.1) is 22.8 Å². The Kier molecular flexibility index (Phi) is 5.13. The Bertz CT molecular complexity index is 827. The summed E-state index contributed by atoms with van der Waals surface area (Å²) in [4.78, 5) is 12.0. The average Bonchev–Trinajstić information content (AvgIpc) is 2.59. The molecule has 1 heterocycles. The van der Waals surface area contributed by atoms with Gasteiger partial charge in [-0.2, -0.15) is 13.2 Å². The SMILES string of the molecule is O=C(CNc1cc2c(cc1Cl)OCCO2)Nc1cccc(C(F)(F)F)c1. The second-order valence-corrected chi connectivity index (χ2v) is 5.86. The Morgan fingerprint density at radius 3 is 2.50 bits per heavy atom. The zero-order valence-corrected chi connectivity index (χ0v) is 14.1. The number of halogens is 4. The molecule has 0 fully saturated rings. The van der Waals surface area contributed by atoms with Crippen molar-refractivity contribution in [2.24, 2.45) is 0 Å². The third kappa shape index (κ3) is 4.32. The molecule has 138 valence electrons. The molecule has 0 saturated carbocycles. The summed E-state index contributed by atoms with van der Waals surface area (Å²) in [6.45, 7) is 0.648. The third-order valence-electron chi connectivity index (χ3n) is 3.54. The molecule has 0 aliphatic carbocycles. The molecule has 0 unspecified atom stereocenters. The van der Waals surface area contributed by atoms with E-state index in [9.17, 15) is 18.0 Å². The lowest BCUT2D eigenvalue weighted by atomic mass is 10.2. The van der Waals surface area contributed by atoms with Crippen LogP contribution in [0.15, 0.2) is 36.4 Å².